The first-order valence-electron chi connectivity index (χ1n) is 14.8. The van der Waals surface area contributed by atoms with Crippen LogP contribution in [-0.2, 0) is 46.5 Å². The van der Waals surface area contributed by atoms with Crippen LogP contribution in [0.5, 0.6) is 0 Å². The van der Waals surface area contributed by atoms with E-state index in [4.69, 9.17) is 4.74 Å². The summed E-state index contributed by atoms with van der Waals surface area (Å²) in [6, 6.07) is 12.6. The Labute approximate surface area is 258 Å². The van der Waals surface area contributed by atoms with Crippen LogP contribution in [0.3, 0.4) is 0 Å². The van der Waals surface area contributed by atoms with Gasteiger partial charge >= 0.3 is 5.97 Å². The summed E-state index contributed by atoms with van der Waals surface area (Å²) < 4.78 is 5.19. The van der Waals surface area contributed by atoms with Crippen LogP contribution in [0.1, 0.15) is 59.1 Å². The SMILES string of the molecule is CC(C)C(=O)OCc1ccc(NC(=O)CNC(=O)C(NC(=O)Cc2ccc(N3C(=O)CC(C(C)C)C3=O)cc2)C(C)C)cc1. The maximum absolute atomic E-state index is 12.9. The third-order valence-electron chi connectivity index (χ3n) is 7.32. The van der Waals surface area contributed by atoms with Gasteiger partial charge in [0, 0.05) is 12.1 Å². The van der Waals surface area contributed by atoms with E-state index in [-0.39, 0.29) is 73.4 Å². The summed E-state index contributed by atoms with van der Waals surface area (Å²) in [5.74, 6) is -2.81. The number of nitrogens with one attached hydrogen (secondary N) is 3. The Morgan fingerprint density at radius 2 is 1.48 bits per heavy atom. The molecule has 1 aliphatic rings. The number of benzene rings is 2. The number of hydrogen-bond acceptors (Lipinski definition) is 7. The van der Waals surface area contributed by atoms with Gasteiger partial charge in [0.15, 0.2) is 0 Å². The fraction of sp³-hybridized carbons (Fsp3) is 0.455. The van der Waals surface area contributed by atoms with Crippen LogP contribution >= 0.6 is 0 Å². The van der Waals surface area contributed by atoms with Crippen molar-refractivity contribution < 1.29 is 33.5 Å². The molecule has 5 amide bonds. The summed E-state index contributed by atoms with van der Waals surface area (Å²) in [4.78, 5) is 76.0. The van der Waals surface area contributed by atoms with Gasteiger partial charge in [-0.25, -0.2) is 0 Å². The minimum atomic E-state index is -0.866. The summed E-state index contributed by atoms with van der Waals surface area (Å²) in [7, 11) is 0. The molecular weight excluding hydrogens is 564 g/mol. The monoisotopic (exact) mass is 606 g/mol. The van der Waals surface area contributed by atoms with Gasteiger partial charge in [0.1, 0.15) is 12.6 Å². The zero-order valence-corrected chi connectivity index (χ0v) is 26.1. The number of imide groups is 1. The Hall–Kier alpha value is -4.54. The number of anilines is 2. The van der Waals surface area contributed by atoms with Crippen molar-refractivity contribution in [1.29, 1.82) is 0 Å². The molecule has 0 radical (unpaired) electrons. The average Bonchev–Trinajstić information content (AvgIpc) is 3.28. The van der Waals surface area contributed by atoms with Crippen LogP contribution < -0.4 is 20.9 Å². The van der Waals surface area contributed by atoms with Crippen molar-refractivity contribution in [2.75, 3.05) is 16.8 Å². The lowest BCUT2D eigenvalue weighted by Crippen LogP contribution is -2.51. The topological polar surface area (TPSA) is 151 Å². The molecule has 2 atom stereocenters. The number of rotatable bonds is 13. The van der Waals surface area contributed by atoms with Gasteiger partial charge in [-0.2, -0.15) is 0 Å². The van der Waals surface area contributed by atoms with E-state index in [0.29, 0.717) is 16.9 Å². The van der Waals surface area contributed by atoms with Gasteiger partial charge in [0.25, 0.3) is 0 Å². The molecule has 0 bridgehead atoms. The summed E-state index contributed by atoms with van der Waals surface area (Å²) in [6.45, 7) is 10.8. The molecule has 1 heterocycles. The fourth-order valence-corrected chi connectivity index (χ4v) is 4.64. The van der Waals surface area contributed by atoms with E-state index in [1.807, 2.05) is 13.8 Å². The van der Waals surface area contributed by atoms with Gasteiger partial charge < -0.3 is 20.7 Å². The van der Waals surface area contributed by atoms with Gasteiger partial charge in [-0.15, -0.1) is 0 Å². The molecular formula is C33H42N4O7. The Morgan fingerprint density at radius 3 is 2.02 bits per heavy atom. The maximum Gasteiger partial charge on any atom is 0.308 e. The Balaban J connectivity index is 1.48. The van der Waals surface area contributed by atoms with Crippen LogP contribution in [-0.4, -0.2) is 48.1 Å². The second kappa shape index (κ2) is 15.3. The molecule has 3 N–H and O–H groups in total. The van der Waals surface area contributed by atoms with Gasteiger partial charge in [-0.05, 0) is 47.2 Å². The normalized spacial score (nSPS) is 15.5. The molecule has 44 heavy (non-hydrogen) atoms. The molecule has 1 fully saturated rings. The van der Waals surface area contributed by atoms with E-state index in [1.54, 1.807) is 76.2 Å². The van der Waals surface area contributed by atoms with Crippen molar-refractivity contribution in [1.82, 2.24) is 10.6 Å². The Kier molecular flexibility index (Phi) is 11.8. The summed E-state index contributed by atoms with van der Waals surface area (Å²) in [6.07, 6.45) is 0.174. The summed E-state index contributed by atoms with van der Waals surface area (Å²) in [5.41, 5.74) is 2.40. The summed E-state index contributed by atoms with van der Waals surface area (Å²) >= 11 is 0. The maximum atomic E-state index is 12.9. The molecule has 0 spiro atoms. The minimum absolute atomic E-state index is 0.0134. The number of carbonyl (C=O) groups excluding carboxylic acids is 6. The first-order valence-corrected chi connectivity index (χ1v) is 14.8. The number of amides is 5. The van der Waals surface area contributed by atoms with Crippen molar-refractivity contribution in [2.45, 2.75) is 67.0 Å². The highest BCUT2D eigenvalue weighted by molar-refractivity contribution is 6.21. The molecule has 0 aliphatic carbocycles. The number of nitrogens with zero attached hydrogens (tertiary/aromatic N) is 1. The molecule has 2 aromatic carbocycles. The first kappa shape index (κ1) is 34.0. The lowest BCUT2D eigenvalue weighted by atomic mass is 9.94. The van der Waals surface area contributed by atoms with E-state index in [9.17, 15) is 28.8 Å². The van der Waals surface area contributed by atoms with Gasteiger partial charge in [-0.3, -0.25) is 33.7 Å². The molecule has 2 aromatic rings. The van der Waals surface area contributed by atoms with Crippen molar-refractivity contribution in [3.8, 4) is 0 Å². The van der Waals surface area contributed by atoms with Crippen molar-refractivity contribution in [3.05, 3.63) is 59.7 Å². The highest BCUT2D eigenvalue weighted by atomic mass is 16.5. The molecule has 11 heteroatoms. The summed E-state index contributed by atoms with van der Waals surface area (Å²) in [5, 5.41) is 8.00. The Bertz CT molecular complexity index is 1370. The van der Waals surface area contributed by atoms with Crippen LogP contribution in [0.4, 0.5) is 11.4 Å². The number of esters is 1. The van der Waals surface area contributed by atoms with Crippen molar-refractivity contribution in [2.24, 2.45) is 23.7 Å². The molecule has 0 aromatic heterocycles. The fourth-order valence-electron chi connectivity index (χ4n) is 4.64. The standard InChI is InChI=1S/C33H42N4O7/c1-19(2)26-16-29(40)37(32(26)42)25-13-9-22(10-14-25)15-27(38)36-30(20(3)4)31(41)34-17-28(39)35-24-11-7-23(8-12-24)18-44-33(43)21(5)6/h7-14,19-21,26,30H,15-18H2,1-6H3,(H,34,41)(H,35,39)(H,36,38). The van der Waals surface area contributed by atoms with E-state index in [2.05, 4.69) is 16.0 Å². The molecule has 1 aliphatic heterocycles. The van der Waals surface area contributed by atoms with Gasteiger partial charge in [-0.1, -0.05) is 65.8 Å². The van der Waals surface area contributed by atoms with E-state index >= 15 is 0 Å². The third kappa shape index (κ3) is 9.23. The van der Waals surface area contributed by atoms with Crippen LogP contribution in [0.25, 0.3) is 0 Å². The average molecular weight is 607 g/mol. The minimum Gasteiger partial charge on any atom is -0.461 e. The van der Waals surface area contributed by atoms with Crippen molar-refractivity contribution in [3.63, 3.8) is 0 Å². The van der Waals surface area contributed by atoms with Gasteiger partial charge in [0.2, 0.25) is 29.5 Å². The largest absolute Gasteiger partial charge is 0.461 e. The molecule has 1 saturated heterocycles. The molecule has 3 rings (SSSR count). The van der Waals surface area contributed by atoms with E-state index in [1.165, 1.54) is 4.90 Å². The lowest BCUT2D eigenvalue weighted by Gasteiger charge is -2.22. The van der Waals surface area contributed by atoms with Crippen LogP contribution in [0, 0.1) is 23.7 Å². The third-order valence-corrected chi connectivity index (χ3v) is 7.32. The molecule has 11 nitrogen and oxygen atoms in total. The zero-order chi connectivity index (χ0) is 32.6. The van der Waals surface area contributed by atoms with Crippen LogP contribution in [0.2, 0.25) is 0 Å². The van der Waals surface area contributed by atoms with E-state index < -0.39 is 17.9 Å². The number of ether oxygens (including phenoxy) is 1. The first-order chi connectivity index (χ1) is 20.8. The second-order valence-corrected chi connectivity index (χ2v) is 12.0. The molecule has 2 unspecified atom stereocenters. The molecule has 236 valence electrons. The molecule has 0 saturated carbocycles. The highest BCUT2D eigenvalue weighted by Crippen LogP contribution is 2.30. The van der Waals surface area contributed by atoms with Gasteiger partial charge in [0.05, 0.1) is 30.5 Å². The van der Waals surface area contributed by atoms with Crippen LogP contribution in [0.15, 0.2) is 48.5 Å². The quantitative estimate of drug-likeness (QED) is 0.234. The predicted molar refractivity (Wildman–Crippen MR) is 165 cm³/mol. The second-order valence-electron chi connectivity index (χ2n) is 12.0. The zero-order valence-electron chi connectivity index (χ0n) is 26.1. The number of carbonyl (C=O) groups is 6. The number of hydrogen-bond donors (Lipinski definition) is 3. The van der Waals surface area contributed by atoms with E-state index in [0.717, 1.165) is 5.56 Å². The Morgan fingerprint density at radius 1 is 0.864 bits per heavy atom. The highest BCUT2D eigenvalue weighted by Gasteiger charge is 2.40. The van der Waals surface area contributed by atoms with Crippen molar-refractivity contribution >= 4 is 46.9 Å². The predicted octanol–water partition coefficient (Wildman–Crippen LogP) is 3.36. The lowest BCUT2D eigenvalue weighted by molar-refractivity contribution is -0.148. The smallest absolute Gasteiger partial charge is 0.308 e.